The molecule has 0 unspecified atom stereocenters. The van der Waals surface area contributed by atoms with Gasteiger partial charge in [-0.1, -0.05) is 6.07 Å². The molecule has 2 rings (SSSR count). The van der Waals surface area contributed by atoms with Crippen LogP contribution in [0.25, 0.3) is 11.0 Å². The fourth-order valence-corrected chi connectivity index (χ4v) is 2.70. The maximum Gasteiger partial charge on any atom is 0.441 e. The summed E-state index contributed by atoms with van der Waals surface area (Å²) < 4.78 is 44.0. The molecule has 0 spiro atoms. The first-order chi connectivity index (χ1) is 9.42. The van der Waals surface area contributed by atoms with E-state index in [0.717, 1.165) is 11.0 Å². The van der Waals surface area contributed by atoms with Crippen molar-refractivity contribution in [1.82, 2.24) is 9.55 Å². The van der Waals surface area contributed by atoms with Gasteiger partial charge in [-0.2, -0.15) is 13.2 Å². The van der Waals surface area contributed by atoms with Crippen LogP contribution >= 0.6 is 24.0 Å². The topological polar surface area (TPSA) is 29.9 Å². The van der Waals surface area contributed by atoms with Gasteiger partial charge < -0.3 is 14.3 Å². The third kappa shape index (κ3) is 3.49. The van der Waals surface area contributed by atoms with Gasteiger partial charge >= 0.3 is 5.51 Å². The van der Waals surface area contributed by atoms with Gasteiger partial charge in [0.25, 0.3) is 0 Å². The zero-order chi connectivity index (χ0) is 14.8. The van der Waals surface area contributed by atoms with Gasteiger partial charge in [0.2, 0.25) is 0 Å². The minimum atomic E-state index is -4.22. The predicted molar refractivity (Wildman–Crippen MR) is 76.8 cm³/mol. The molecule has 0 saturated heterocycles. The summed E-state index contributed by atoms with van der Waals surface area (Å²) >= 11 is 5.12. The van der Waals surface area contributed by atoms with Gasteiger partial charge in [-0.05, 0) is 43.0 Å². The van der Waals surface area contributed by atoms with Crippen molar-refractivity contribution in [3.8, 4) is 5.75 Å². The van der Waals surface area contributed by atoms with Crippen LogP contribution in [0.15, 0.2) is 18.2 Å². The van der Waals surface area contributed by atoms with Crippen LogP contribution in [0.1, 0.15) is 6.92 Å². The van der Waals surface area contributed by atoms with Crippen LogP contribution in [0.2, 0.25) is 0 Å². The van der Waals surface area contributed by atoms with Crippen LogP contribution in [-0.4, -0.2) is 27.4 Å². The zero-order valence-electron chi connectivity index (χ0n) is 10.7. The summed E-state index contributed by atoms with van der Waals surface area (Å²) in [5, 5.41) is 0. The SMILES string of the molecule is CCOc1cccc2c1[nH]c(=S)n2CCSC(F)(F)F. The molecule has 0 radical (unpaired) electrons. The van der Waals surface area contributed by atoms with Crippen LogP contribution < -0.4 is 4.74 Å². The quantitative estimate of drug-likeness (QED) is 0.830. The first-order valence-corrected chi connectivity index (χ1v) is 7.37. The largest absolute Gasteiger partial charge is 0.492 e. The second kappa shape index (κ2) is 6.09. The number of aryl methyl sites for hydroxylation is 1. The van der Waals surface area contributed by atoms with Gasteiger partial charge in [-0.3, -0.25) is 0 Å². The molecule has 1 aromatic heterocycles. The lowest BCUT2D eigenvalue weighted by molar-refractivity contribution is -0.0328. The van der Waals surface area contributed by atoms with Crippen molar-refractivity contribution in [2.24, 2.45) is 0 Å². The average molecular weight is 322 g/mol. The Balaban J connectivity index is 2.28. The van der Waals surface area contributed by atoms with E-state index in [-0.39, 0.29) is 24.1 Å². The minimum Gasteiger partial charge on any atom is -0.492 e. The molecule has 2 aromatic rings. The molecule has 0 fully saturated rings. The Labute approximate surface area is 123 Å². The highest BCUT2D eigenvalue weighted by molar-refractivity contribution is 8.00. The normalized spacial score (nSPS) is 12.0. The molecule has 0 atom stereocenters. The molecule has 0 bridgehead atoms. The van der Waals surface area contributed by atoms with Crippen molar-refractivity contribution >= 4 is 35.0 Å². The summed E-state index contributed by atoms with van der Waals surface area (Å²) in [6.45, 7) is 2.57. The monoisotopic (exact) mass is 322 g/mol. The zero-order valence-corrected chi connectivity index (χ0v) is 12.3. The Hall–Kier alpha value is -1.15. The fraction of sp³-hybridized carbons (Fsp3) is 0.417. The Kier molecular flexibility index (Phi) is 4.64. The number of nitrogens with one attached hydrogen (secondary N) is 1. The number of benzene rings is 1. The van der Waals surface area contributed by atoms with Crippen LogP contribution in [0.3, 0.4) is 0 Å². The summed E-state index contributed by atoms with van der Waals surface area (Å²) in [4.78, 5) is 2.99. The number of hydrogen-bond acceptors (Lipinski definition) is 3. The molecular weight excluding hydrogens is 309 g/mol. The highest BCUT2D eigenvalue weighted by Gasteiger charge is 2.27. The average Bonchev–Trinajstić information content (AvgIpc) is 2.66. The van der Waals surface area contributed by atoms with Gasteiger partial charge in [0.15, 0.2) is 4.77 Å². The van der Waals surface area contributed by atoms with E-state index in [2.05, 4.69) is 4.98 Å². The van der Waals surface area contributed by atoms with Crippen molar-refractivity contribution in [3.63, 3.8) is 0 Å². The number of H-pyrrole nitrogens is 1. The van der Waals surface area contributed by atoms with Crippen molar-refractivity contribution < 1.29 is 17.9 Å². The lowest BCUT2D eigenvalue weighted by Crippen LogP contribution is -2.07. The van der Waals surface area contributed by atoms with Gasteiger partial charge in [0, 0.05) is 12.3 Å². The van der Waals surface area contributed by atoms with Crippen LogP contribution in [0.5, 0.6) is 5.75 Å². The highest BCUT2D eigenvalue weighted by atomic mass is 32.2. The van der Waals surface area contributed by atoms with E-state index in [0.29, 0.717) is 17.1 Å². The van der Waals surface area contributed by atoms with Crippen molar-refractivity contribution in [2.45, 2.75) is 19.0 Å². The first-order valence-electron chi connectivity index (χ1n) is 5.97. The number of thioether (sulfide) groups is 1. The van der Waals surface area contributed by atoms with E-state index in [4.69, 9.17) is 17.0 Å². The third-order valence-corrected chi connectivity index (χ3v) is 3.69. The van der Waals surface area contributed by atoms with E-state index >= 15 is 0 Å². The van der Waals surface area contributed by atoms with Crippen LogP contribution in [-0.2, 0) is 6.54 Å². The second-order valence-corrected chi connectivity index (χ2v) is 5.51. The molecule has 8 heteroatoms. The molecule has 1 N–H and O–H groups in total. The number of fused-ring (bicyclic) bond motifs is 1. The lowest BCUT2D eigenvalue weighted by Gasteiger charge is -2.08. The predicted octanol–water partition coefficient (Wildman–Crippen LogP) is 4.35. The maximum atomic E-state index is 12.2. The number of halogens is 3. The van der Waals surface area contributed by atoms with E-state index in [1.54, 1.807) is 16.7 Å². The van der Waals surface area contributed by atoms with E-state index in [1.807, 2.05) is 13.0 Å². The molecule has 0 amide bonds. The standard InChI is InChI=1S/C12H13F3N2OS2/c1-2-18-9-5-3-4-8-10(9)16-11(19)17(8)6-7-20-12(13,14)15/h3-5H,2,6-7H2,1H3,(H,16,19). The molecule has 1 aromatic carbocycles. The number of ether oxygens (including phenoxy) is 1. The van der Waals surface area contributed by atoms with Gasteiger partial charge in [0.05, 0.1) is 12.1 Å². The fourth-order valence-electron chi connectivity index (χ4n) is 1.90. The Morgan fingerprint density at radius 1 is 1.40 bits per heavy atom. The van der Waals surface area contributed by atoms with Crippen molar-refractivity contribution in [1.29, 1.82) is 0 Å². The molecular formula is C12H13F3N2OS2. The van der Waals surface area contributed by atoms with Crippen molar-refractivity contribution in [3.05, 3.63) is 23.0 Å². The Morgan fingerprint density at radius 2 is 2.15 bits per heavy atom. The number of hydrogen-bond donors (Lipinski definition) is 1. The van der Waals surface area contributed by atoms with Crippen molar-refractivity contribution in [2.75, 3.05) is 12.4 Å². The van der Waals surface area contributed by atoms with Crippen LogP contribution in [0.4, 0.5) is 13.2 Å². The van der Waals surface area contributed by atoms with E-state index in [1.165, 1.54) is 0 Å². The summed E-state index contributed by atoms with van der Waals surface area (Å²) in [5.74, 6) is 0.571. The molecule has 3 nitrogen and oxygen atoms in total. The van der Waals surface area contributed by atoms with Gasteiger partial charge in [-0.15, -0.1) is 0 Å². The molecule has 20 heavy (non-hydrogen) atoms. The number of para-hydroxylation sites is 1. The number of alkyl halides is 3. The first kappa shape index (κ1) is 15.2. The number of aromatic amines is 1. The summed E-state index contributed by atoms with van der Waals surface area (Å²) in [6, 6.07) is 5.40. The molecule has 0 aliphatic carbocycles. The molecule has 110 valence electrons. The summed E-state index contributed by atoms with van der Waals surface area (Å²) in [5.41, 5.74) is -2.75. The van der Waals surface area contributed by atoms with Gasteiger partial charge in [0.1, 0.15) is 11.3 Å². The minimum absolute atomic E-state index is 0.0487. The Bertz CT molecular complexity index is 648. The summed E-state index contributed by atoms with van der Waals surface area (Å²) in [7, 11) is 0. The summed E-state index contributed by atoms with van der Waals surface area (Å²) in [6.07, 6.45) is 0. The number of nitrogens with zero attached hydrogens (tertiary/aromatic N) is 1. The highest BCUT2D eigenvalue weighted by Crippen LogP contribution is 2.31. The van der Waals surface area contributed by atoms with Gasteiger partial charge in [-0.25, -0.2) is 0 Å². The number of rotatable bonds is 5. The van der Waals surface area contributed by atoms with Crippen LogP contribution in [0, 0.1) is 4.77 Å². The second-order valence-electron chi connectivity index (χ2n) is 3.96. The third-order valence-electron chi connectivity index (χ3n) is 2.65. The molecule has 0 saturated carbocycles. The smallest absolute Gasteiger partial charge is 0.441 e. The number of imidazole rings is 1. The van der Waals surface area contributed by atoms with E-state index in [9.17, 15) is 13.2 Å². The lowest BCUT2D eigenvalue weighted by atomic mass is 10.3. The maximum absolute atomic E-state index is 12.2. The molecule has 0 aliphatic heterocycles. The van der Waals surface area contributed by atoms with E-state index < -0.39 is 5.51 Å². The number of aromatic nitrogens is 2. The molecule has 0 aliphatic rings. The Morgan fingerprint density at radius 3 is 2.80 bits per heavy atom. The molecule has 1 heterocycles.